The Morgan fingerprint density at radius 1 is 1.30 bits per heavy atom. The number of rotatable bonds is 6. The van der Waals surface area contributed by atoms with Gasteiger partial charge in [0, 0.05) is 5.56 Å². The van der Waals surface area contributed by atoms with E-state index in [1.165, 1.54) is 13.4 Å². The maximum Gasteiger partial charge on any atom is 0.328 e. The summed E-state index contributed by atoms with van der Waals surface area (Å²) in [4.78, 5) is 28.3. The molecule has 0 fully saturated rings. The molecule has 1 aromatic carbocycles. The number of nitrogens with one attached hydrogen (secondary N) is 1. The van der Waals surface area contributed by atoms with Gasteiger partial charge in [-0.1, -0.05) is 38.5 Å². The Labute approximate surface area is 134 Å². The van der Waals surface area contributed by atoms with Crippen molar-refractivity contribution in [3.8, 4) is 11.5 Å². The van der Waals surface area contributed by atoms with Crippen molar-refractivity contribution >= 4 is 11.9 Å². The van der Waals surface area contributed by atoms with Crippen LogP contribution < -0.4 is 5.32 Å². The van der Waals surface area contributed by atoms with Crippen molar-refractivity contribution in [2.24, 2.45) is 5.92 Å². The van der Waals surface area contributed by atoms with Crippen molar-refractivity contribution < 1.29 is 18.7 Å². The van der Waals surface area contributed by atoms with Crippen molar-refractivity contribution in [1.29, 1.82) is 0 Å². The summed E-state index contributed by atoms with van der Waals surface area (Å²) >= 11 is 0. The molecule has 0 aliphatic carbocycles. The zero-order chi connectivity index (χ0) is 16.8. The monoisotopic (exact) mass is 316 g/mol. The van der Waals surface area contributed by atoms with Crippen LogP contribution >= 0.6 is 0 Å². The number of esters is 1. The van der Waals surface area contributed by atoms with Crippen molar-refractivity contribution in [2.45, 2.75) is 26.3 Å². The topological polar surface area (TPSA) is 81.4 Å². The van der Waals surface area contributed by atoms with E-state index >= 15 is 0 Å². The number of benzene rings is 1. The van der Waals surface area contributed by atoms with Crippen molar-refractivity contribution in [1.82, 2.24) is 10.3 Å². The van der Waals surface area contributed by atoms with Gasteiger partial charge >= 0.3 is 5.97 Å². The minimum atomic E-state index is -0.714. The number of hydrogen-bond acceptors (Lipinski definition) is 5. The molecule has 0 spiro atoms. The van der Waals surface area contributed by atoms with E-state index in [1.54, 1.807) is 0 Å². The zero-order valence-corrected chi connectivity index (χ0v) is 13.4. The number of oxazole rings is 1. The Morgan fingerprint density at radius 3 is 2.61 bits per heavy atom. The van der Waals surface area contributed by atoms with Crippen molar-refractivity contribution in [2.75, 3.05) is 7.11 Å². The maximum absolute atomic E-state index is 12.3. The molecular weight excluding hydrogens is 296 g/mol. The highest BCUT2D eigenvalue weighted by Gasteiger charge is 2.28. The number of aromatic nitrogens is 1. The predicted molar refractivity (Wildman–Crippen MR) is 84.7 cm³/mol. The lowest BCUT2D eigenvalue weighted by Gasteiger charge is -2.21. The first kappa shape index (κ1) is 16.7. The number of carbonyl (C=O) groups excluding carboxylic acids is 2. The Balaban J connectivity index is 2.14. The molecule has 1 heterocycles. The summed E-state index contributed by atoms with van der Waals surface area (Å²) in [5.41, 5.74) is 0.902. The summed E-state index contributed by atoms with van der Waals surface area (Å²) in [6.45, 7) is 3.82. The summed E-state index contributed by atoms with van der Waals surface area (Å²) in [5.74, 6) is -0.632. The highest BCUT2D eigenvalue weighted by molar-refractivity contribution is 5.95. The van der Waals surface area contributed by atoms with E-state index in [-0.39, 0.29) is 11.6 Å². The molecule has 2 aromatic rings. The molecule has 0 radical (unpaired) electrons. The summed E-state index contributed by atoms with van der Waals surface area (Å²) < 4.78 is 10.1. The van der Waals surface area contributed by atoms with Crippen molar-refractivity contribution in [3.05, 3.63) is 42.3 Å². The Hall–Kier alpha value is -2.63. The molecule has 1 N–H and O–H groups in total. The van der Waals surface area contributed by atoms with Crippen molar-refractivity contribution in [3.63, 3.8) is 0 Å². The fourth-order valence-corrected chi connectivity index (χ4v) is 2.10. The normalized spacial score (nSPS) is 13.2. The van der Waals surface area contributed by atoms with Gasteiger partial charge in [0.2, 0.25) is 5.89 Å². The minimum Gasteiger partial charge on any atom is -0.467 e. The molecule has 0 saturated heterocycles. The Bertz CT molecular complexity index is 666. The molecule has 2 atom stereocenters. The van der Waals surface area contributed by atoms with Gasteiger partial charge < -0.3 is 14.5 Å². The third-order valence-corrected chi connectivity index (χ3v) is 3.71. The quantitative estimate of drug-likeness (QED) is 0.829. The number of nitrogens with zero attached hydrogens (tertiary/aromatic N) is 1. The van der Waals surface area contributed by atoms with E-state index in [0.29, 0.717) is 5.89 Å². The third kappa shape index (κ3) is 3.97. The van der Waals surface area contributed by atoms with Gasteiger partial charge in [-0.15, -0.1) is 0 Å². The van der Waals surface area contributed by atoms with E-state index in [9.17, 15) is 9.59 Å². The number of carbonyl (C=O) groups is 2. The van der Waals surface area contributed by atoms with Crippen LogP contribution in [0.4, 0.5) is 0 Å². The van der Waals surface area contributed by atoms with Crippen LogP contribution in [0.25, 0.3) is 11.5 Å². The van der Waals surface area contributed by atoms with E-state index in [4.69, 9.17) is 9.15 Å². The fraction of sp³-hybridized carbons (Fsp3) is 0.353. The minimum absolute atomic E-state index is 0.0492. The lowest BCUT2D eigenvalue weighted by atomic mass is 9.99. The molecule has 23 heavy (non-hydrogen) atoms. The second-order valence-electron chi connectivity index (χ2n) is 5.26. The van der Waals surface area contributed by atoms with Gasteiger partial charge in [0.05, 0.1) is 7.11 Å². The molecule has 6 heteroatoms. The molecule has 1 aromatic heterocycles. The molecule has 0 aliphatic rings. The van der Waals surface area contributed by atoms with Crippen LogP contribution in [0.1, 0.15) is 30.8 Å². The average Bonchev–Trinajstić information content (AvgIpc) is 3.09. The lowest BCUT2D eigenvalue weighted by molar-refractivity contribution is -0.144. The van der Waals surface area contributed by atoms with Gasteiger partial charge in [-0.25, -0.2) is 9.78 Å². The molecule has 2 rings (SSSR count). The molecule has 0 aliphatic heterocycles. The number of methoxy groups -OCH3 is 1. The SMILES string of the molecule is CCC(C)C(NC(=O)c1coc(-c2ccccc2)n1)C(=O)OC. The number of ether oxygens (including phenoxy) is 1. The molecule has 6 nitrogen and oxygen atoms in total. The summed E-state index contributed by atoms with van der Waals surface area (Å²) in [5, 5.41) is 2.66. The van der Waals surface area contributed by atoms with E-state index < -0.39 is 17.9 Å². The van der Waals surface area contributed by atoms with Gasteiger partial charge in [0.1, 0.15) is 12.3 Å². The Morgan fingerprint density at radius 2 is 2.00 bits per heavy atom. The van der Waals surface area contributed by atoms with E-state index in [2.05, 4.69) is 10.3 Å². The second-order valence-corrected chi connectivity index (χ2v) is 5.26. The average molecular weight is 316 g/mol. The molecule has 0 bridgehead atoms. The smallest absolute Gasteiger partial charge is 0.328 e. The summed E-state index contributed by atoms with van der Waals surface area (Å²) in [6, 6.07) is 8.56. The molecule has 0 saturated carbocycles. The van der Waals surface area contributed by atoms with E-state index in [1.807, 2.05) is 44.2 Å². The first-order chi connectivity index (χ1) is 11.1. The number of amides is 1. The third-order valence-electron chi connectivity index (χ3n) is 3.71. The highest BCUT2D eigenvalue weighted by atomic mass is 16.5. The van der Waals surface area contributed by atoms with Gasteiger partial charge in [-0.3, -0.25) is 4.79 Å². The molecule has 1 amide bonds. The zero-order valence-electron chi connectivity index (χ0n) is 13.4. The molecular formula is C17H20N2O4. The number of hydrogen-bond donors (Lipinski definition) is 1. The lowest BCUT2D eigenvalue weighted by Crippen LogP contribution is -2.45. The van der Waals surface area contributed by atoms with Crippen LogP contribution in [0.15, 0.2) is 41.0 Å². The van der Waals surface area contributed by atoms with Crippen LogP contribution in [0.5, 0.6) is 0 Å². The molecule has 122 valence electrons. The van der Waals surface area contributed by atoms with Gasteiger partial charge in [-0.2, -0.15) is 0 Å². The van der Waals surface area contributed by atoms with E-state index in [0.717, 1.165) is 12.0 Å². The van der Waals surface area contributed by atoms with Crippen LogP contribution in [-0.4, -0.2) is 30.0 Å². The first-order valence-corrected chi connectivity index (χ1v) is 7.46. The molecule has 2 unspecified atom stereocenters. The second kappa shape index (κ2) is 7.58. The van der Waals surface area contributed by atoms with Gasteiger partial charge in [0.15, 0.2) is 5.69 Å². The summed E-state index contributed by atoms with van der Waals surface area (Å²) in [7, 11) is 1.30. The Kier molecular flexibility index (Phi) is 5.51. The van der Waals surface area contributed by atoms with Gasteiger partial charge in [0.25, 0.3) is 5.91 Å². The summed E-state index contributed by atoms with van der Waals surface area (Å²) in [6.07, 6.45) is 2.01. The maximum atomic E-state index is 12.3. The van der Waals surface area contributed by atoms with Gasteiger partial charge in [-0.05, 0) is 18.1 Å². The van der Waals surface area contributed by atoms with Crippen LogP contribution in [0, 0.1) is 5.92 Å². The first-order valence-electron chi connectivity index (χ1n) is 7.46. The van der Waals surface area contributed by atoms with Crippen LogP contribution in [-0.2, 0) is 9.53 Å². The highest BCUT2D eigenvalue weighted by Crippen LogP contribution is 2.18. The van der Waals surface area contributed by atoms with Crippen LogP contribution in [0.2, 0.25) is 0 Å². The predicted octanol–water partition coefficient (Wildman–Crippen LogP) is 2.66. The van der Waals surface area contributed by atoms with Crippen LogP contribution in [0.3, 0.4) is 0 Å². The fourth-order valence-electron chi connectivity index (χ4n) is 2.10. The largest absolute Gasteiger partial charge is 0.467 e. The standard InChI is InChI=1S/C17H20N2O4/c1-4-11(2)14(17(21)22-3)19-15(20)13-10-23-16(18-13)12-8-6-5-7-9-12/h5-11,14H,4H2,1-3H3,(H,19,20).